The van der Waals surface area contributed by atoms with Gasteiger partial charge in [-0.25, -0.2) is 4.79 Å². The Morgan fingerprint density at radius 1 is 1.00 bits per heavy atom. The van der Waals surface area contributed by atoms with Crippen LogP contribution in [0.25, 0.3) is 0 Å². The van der Waals surface area contributed by atoms with Gasteiger partial charge in [-0.2, -0.15) is 0 Å². The first-order chi connectivity index (χ1) is 13.3. The first-order valence-electron chi connectivity index (χ1n) is 9.63. The van der Waals surface area contributed by atoms with Crippen LogP contribution >= 0.6 is 0 Å². The quantitative estimate of drug-likeness (QED) is 0.621. The van der Waals surface area contributed by atoms with Crippen molar-refractivity contribution in [2.45, 2.75) is 39.8 Å². The monoisotopic (exact) mass is 373 g/mol. The predicted octanol–water partition coefficient (Wildman–Crippen LogP) is 5.96. The molecule has 0 fully saturated rings. The zero-order valence-electron chi connectivity index (χ0n) is 16.9. The molecule has 0 amide bonds. The van der Waals surface area contributed by atoms with Gasteiger partial charge in [-0.05, 0) is 47.8 Å². The highest BCUT2D eigenvalue weighted by atomic mass is 16.5. The van der Waals surface area contributed by atoms with Gasteiger partial charge >= 0.3 is 5.97 Å². The number of hydrogen-bond acceptors (Lipinski definition) is 3. The molecule has 3 rings (SSSR count). The molecule has 1 aliphatic rings. The lowest BCUT2D eigenvalue weighted by Crippen LogP contribution is -2.28. The van der Waals surface area contributed by atoms with Crippen molar-refractivity contribution in [3.63, 3.8) is 0 Å². The molecule has 2 aromatic carbocycles. The predicted molar refractivity (Wildman–Crippen MR) is 115 cm³/mol. The molecule has 0 N–H and O–H groups in total. The number of carbonyl (C=O) groups excluding carboxylic acids is 1. The van der Waals surface area contributed by atoms with Gasteiger partial charge in [-0.1, -0.05) is 75.4 Å². The molecule has 0 spiro atoms. The molecule has 144 valence electrons. The highest BCUT2D eigenvalue weighted by Gasteiger charge is 2.26. The molecule has 0 saturated carbocycles. The van der Waals surface area contributed by atoms with Gasteiger partial charge in [0.1, 0.15) is 0 Å². The first kappa shape index (κ1) is 19.8. The van der Waals surface area contributed by atoms with Crippen LogP contribution in [0.15, 0.2) is 89.5 Å². The molecule has 3 heteroatoms. The Balaban J connectivity index is 1.90. The van der Waals surface area contributed by atoms with E-state index in [2.05, 4.69) is 45.9 Å². The van der Waals surface area contributed by atoms with E-state index in [1.54, 1.807) is 12.1 Å². The maximum absolute atomic E-state index is 12.6. The standard InChI is InChI=1S/C25H27NO2/c1-18(19-11-7-5-8-12-19)26-22-17-21(25(2,3)4)15-16-23(22)28-24(27)20-13-9-6-10-14-20/h5-18,23H,1-4H3/b26-22+. The highest BCUT2D eigenvalue weighted by Crippen LogP contribution is 2.30. The van der Waals surface area contributed by atoms with Crippen LogP contribution in [0.3, 0.4) is 0 Å². The molecule has 0 aromatic heterocycles. The zero-order valence-corrected chi connectivity index (χ0v) is 16.9. The summed E-state index contributed by atoms with van der Waals surface area (Å²) in [6.45, 7) is 8.55. The summed E-state index contributed by atoms with van der Waals surface area (Å²) >= 11 is 0. The van der Waals surface area contributed by atoms with Gasteiger partial charge < -0.3 is 4.74 Å². The van der Waals surface area contributed by atoms with Crippen LogP contribution in [-0.2, 0) is 4.74 Å². The average molecular weight is 373 g/mol. The number of ether oxygens (including phenoxy) is 1. The van der Waals surface area contributed by atoms with Crippen molar-refractivity contribution in [2.75, 3.05) is 0 Å². The Hall–Kier alpha value is -2.94. The number of benzene rings is 2. The molecule has 2 atom stereocenters. The van der Waals surface area contributed by atoms with Crippen LogP contribution in [0.4, 0.5) is 0 Å². The number of esters is 1. The van der Waals surface area contributed by atoms with E-state index in [9.17, 15) is 4.79 Å². The number of aliphatic imine (C=N–C) groups is 1. The SMILES string of the molecule is CC(/N=C1\C=C(C(C)(C)C)C=CC1OC(=O)c1ccccc1)c1ccccc1. The molecule has 0 heterocycles. The molecule has 0 bridgehead atoms. The molecule has 2 unspecified atom stereocenters. The summed E-state index contributed by atoms with van der Waals surface area (Å²) in [5.74, 6) is -0.345. The lowest BCUT2D eigenvalue weighted by molar-refractivity contribution is 0.0486. The van der Waals surface area contributed by atoms with Crippen molar-refractivity contribution in [3.05, 3.63) is 95.6 Å². The van der Waals surface area contributed by atoms with E-state index in [4.69, 9.17) is 9.73 Å². The second-order valence-corrected chi connectivity index (χ2v) is 8.04. The fraction of sp³-hybridized carbons (Fsp3) is 0.280. The average Bonchev–Trinajstić information content (AvgIpc) is 2.69. The van der Waals surface area contributed by atoms with Gasteiger partial charge in [-0.3, -0.25) is 4.99 Å². The summed E-state index contributed by atoms with van der Waals surface area (Å²) in [5, 5.41) is 0. The van der Waals surface area contributed by atoms with Crippen LogP contribution in [0, 0.1) is 5.41 Å². The fourth-order valence-electron chi connectivity index (χ4n) is 3.04. The van der Waals surface area contributed by atoms with Gasteiger partial charge in [0.25, 0.3) is 0 Å². The van der Waals surface area contributed by atoms with Gasteiger partial charge in [0.2, 0.25) is 0 Å². The minimum absolute atomic E-state index is 0.0122. The lowest BCUT2D eigenvalue weighted by atomic mass is 9.82. The second kappa shape index (κ2) is 8.39. The Morgan fingerprint density at radius 3 is 2.21 bits per heavy atom. The van der Waals surface area contributed by atoms with Gasteiger partial charge in [0.05, 0.1) is 17.3 Å². The van der Waals surface area contributed by atoms with E-state index >= 15 is 0 Å². The highest BCUT2D eigenvalue weighted by molar-refractivity contribution is 6.04. The largest absolute Gasteiger partial charge is 0.448 e. The third kappa shape index (κ3) is 4.86. The number of carbonyl (C=O) groups is 1. The van der Waals surface area contributed by atoms with Crippen LogP contribution in [0.5, 0.6) is 0 Å². The smallest absolute Gasteiger partial charge is 0.339 e. The summed E-state index contributed by atoms with van der Waals surface area (Å²) in [4.78, 5) is 17.5. The Bertz CT molecular complexity index is 903. The van der Waals surface area contributed by atoms with E-state index in [1.165, 1.54) is 5.57 Å². The van der Waals surface area contributed by atoms with Crippen LogP contribution in [0.2, 0.25) is 0 Å². The molecule has 2 aromatic rings. The normalized spacial score (nSPS) is 19.2. The topological polar surface area (TPSA) is 38.7 Å². The van der Waals surface area contributed by atoms with Crippen molar-refractivity contribution in [1.29, 1.82) is 0 Å². The molecule has 0 saturated heterocycles. The van der Waals surface area contributed by atoms with Crippen LogP contribution < -0.4 is 0 Å². The maximum atomic E-state index is 12.6. The molecule has 1 aliphatic carbocycles. The number of rotatable bonds is 4. The van der Waals surface area contributed by atoms with Gasteiger partial charge in [-0.15, -0.1) is 0 Å². The first-order valence-corrected chi connectivity index (χ1v) is 9.63. The molecular weight excluding hydrogens is 346 g/mol. The van der Waals surface area contributed by atoms with E-state index < -0.39 is 6.10 Å². The van der Waals surface area contributed by atoms with Crippen molar-refractivity contribution in [3.8, 4) is 0 Å². The van der Waals surface area contributed by atoms with E-state index in [0.29, 0.717) is 5.56 Å². The molecule has 3 nitrogen and oxygen atoms in total. The third-order valence-electron chi connectivity index (χ3n) is 4.78. The van der Waals surface area contributed by atoms with Crippen LogP contribution in [-0.4, -0.2) is 17.8 Å². The summed E-state index contributed by atoms with van der Waals surface area (Å²) in [6, 6.07) is 19.2. The Kier molecular flexibility index (Phi) is 5.93. The summed E-state index contributed by atoms with van der Waals surface area (Å²) < 4.78 is 5.79. The molecule has 0 aliphatic heterocycles. The van der Waals surface area contributed by atoms with Crippen molar-refractivity contribution in [2.24, 2.45) is 10.4 Å². The Labute approximate surface area is 167 Å². The van der Waals surface area contributed by atoms with Crippen molar-refractivity contribution >= 4 is 11.7 Å². The zero-order chi connectivity index (χ0) is 20.1. The minimum Gasteiger partial charge on any atom is -0.448 e. The lowest BCUT2D eigenvalue weighted by Gasteiger charge is -2.27. The molecular formula is C25H27NO2. The molecule has 0 radical (unpaired) electrons. The number of nitrogens with zero attached hydrogens (tertiary/aromatic N) is 1. The number of hydrogen-bond donors (Lipinski definition) is 0. The number of allylic oxidation sites excluding steroid dienone is 2. The maximum Gasteiger partial charge on any atom is 0.339 e. The van der Waals surface area contributed by atoms with Crippen molar-refractivity contribution < 1.29 is 9.53 Å². The minimum atomic E-state index is -0.495. The van der Waals surface area contributed by atoms with Gasteiger partial charge in [0.15, 0.2) is 6.10 Å². The summed E-state index contributed by atoms with van der Waals surface area (Å²) in [7, 11) is 0. The van der Waals surface area contributed by atoms with E-state index in [0.717, 1.165) is 11.3 Å². The second-order valence-electron chi connectivity index (χ2n) is 8.04. The fourth-order valence-corrected chi connectivity index (χ4v) is 3.04. The third-order valence-corrected chi connectivity index (χ3v) is 4.78. The summed E-state index contributed by atoms with van der Waals surface area (Å²) in [6.07, 6.45) is 5.53. The van der Waals surface area contributed by atoms with Crippen molar-refractivity contribution in [1.82, 2.24) is 0 Å². The van der Waals surface area contributed by atoms with E-state index in [-0.39, 0.29) is 17.4 Å². The van der Waals surface area contributed by atoms with Gasteiger partial charge in [0, 0.05) is 0 Å². The summed E-state index contributed by atoms with van der Waals surface area (Å²) in [5.41, 5.74) is 3.59. The van der Waals surface area contributed by atoms with Crippen LogP contribution in [0.1, 0.15) is 49.7 Å². The Morgan fingerprint density at radius 2 is 1.61 bits per heavy atom. The van der Waals surface area contributed by atoms with E-state index in [1.807, 2.05) is 48.6 Å². The molecule has 28 heavy (non-hydrogen) atoms.